The molecule has 1 aromatic rings. The van der Waals surface area contributed by atoms with Gasteiger partial charge < -0.3 is 19.9 Å². The van der Waals surface area contributed by atoms with Crippen molar-refractivity contribution in [3.8, 4) is 5.75 Å². The molecule has 0 bridgehead atoms. The van der Waals surface area contributed by atoms with Crippen molar-refractivity contribution in [1.82, 2.24) is 5.32 Å². The van der Waals surface area contributed by atoms with E-state index in [-0.39, 0.29) is 25.2 Å². The first-order chi connectivity index (χ1) is 10.2. The Balaban J connectivity index is 1.74. The van der Waals surface area contributed by atoms with Gasteiger partial charge in [0.15, 0.2) is 0 Å². The Labute approximate surface area is 125 Å². The molecule has 0 spiro atoms. The normalized spacial score (nSPS) is 16.7. The Hall–Kier alpha value is -1.59. The first-order valence-electron chi connectivity index (χ1n) is 7.40. The highest BCUT2D eigenvalue weighted by Gasteiger charge is 2.17. The summed E-state index contributed by atoms with van der Waals surface area (Å²) < 4.78 is 10.7. The summed E-state index contributed by atoms with van der Waals surface area (Å²) in [6.45, 7) is 0.205. The summed E-state index contributed by atoms with van der Waals surface area (Å²) in [6.07, 6.45) is 3.86. The number of rotatable bonds is 7. The number of hydrogen-bond acceptors (Lipinski definition) is 4. The second-order valence-corrected chi connectivity index (χ2v) is 5.28. The summed E-state index contributed by atoms with van der Waals surface area (Å²) in [5.41, 5.74) is 0.664. The van der Waals surface area contributed by atoms with Gasteiger partial charge in [0.05, 0.1) is 19.3 Å². The number of carbonyl (C=O) groups excluding carboxylic acids is 1. The van der Waals surface area contributed by atoms with Crippen LogP contribution in [-0.4, -0.2) is 37.4 Å². The number of para-hydroxylation sites is 1. The van der Waals surface area contributed by atoms with Crippen molar-refractivity contribution in [2.45, 2.75) is 37.9 Å². The molecule has 21 heavy (non-hydrogen) atoms. The van der Waals surface area contributed by atoms with Crippen LogP contribution < -0.4 is 10.1 Å². The van der Waals surface area contributed by atoms with Crippen molar-refractivity contribution >= 4 is 5.91 Å². The molecule has 0 heterocycles. The average Bonchev–Trinajstić information content (AvgIpc) is 3.04. The van der Waals surface area contributed by atoms with Gasteiger partial charge in [0.25, 0.3) is 0 Å². The Kier molecular flexibility index (Phi) is 6.02. The molecule has 1 aliphatic rings. The molecule has 5 nitrogen and oxygen atoms in total. The zero-order chi connectivity index (χ0) is 15.1. The van der Waals surface area contributed by atoms with Crippen LogP contribution in [0.2, 0.25) is 0 Å². The van der Waals surface area contributed by atoms with Gasteiger partial charge in [0.2, 0.25) is 5.91 Å². The molecule has 5 heteroatoms. The second-order valence-electron chi connectivity index (χ2n) is 5.28. The van der Waals surface area contributed by atoms with Crippen LogP contribution in [0.15, 0.2) is 24.3 Å². The van der Waals surface area contributed by atoms with Crippen molar-refractivity contribution in [2.24, 2.45) is 0 Å². The van der Waals surface area contributed by atoms with Crippen LogP contribution in [-0.2, 0) is 9.53 Å². The van der Waals surface area contributed by atoms with Crippen LogP contribution in [0.1, 0.15) is 37.4 Å². The predicted molar refractivity (Wildman–Crippen MR) is 79.2 cm³/mol. The molecular weight excluding hydrogens is 270 g/mol. The molecule has 1 aliphatic carbocycles. The monoisotopic (exact) mass is 293 g/mol. The molecule has 2 rings (SSSR count). The van der Waals surface area contributed by atoms with Crippen LogP contribution in [0.25, 0.3) is 0 Å². The summed E-state index contributed by atoms with van der Waals surface area (Å²) >= 11 is 0. The van der Waals surface area contributed by atoms with Gasteiger partial charge in [-0.25, -0.2) is 0 Å². The zero-order valence-electron chi connectivity index (χ0n) is 12.4. The lowest BCUT2D eigenvalue weighted by molar-refractivity contribution is -0.128. The molecule has 1 amide bonds. The SMILES string of the molecule is COc1ccccc1[C@@H](O)CNC(=O)COC1CCCC1. The van der Waals surface area contributed by atoms with Crippen LogP contribution in [0.3, 0.4) is 0 Å². The molecule has 2 N–H and O–H groups in total. The highest BCUT2D eigenvalue weighted by Crippen LogP contribution is 2.24. The summed E-state index contributed by atoms with van der Waals surface area (Å²) in [7, 11) is 1.56. The van der Waals surface area contributed by atoms with Gasteiger partial charge >= 0.3 is 0 Å². The van der Waals surface area contributed by atoms with E-state index >= 15 is 0 Å². The summed E-state index contributed by atoms with van der Waals surface area (Å²) in [5.74, 6) is 0.414. The summed E-state index contributed by atoms with van der Waals surface area (Å²) in [6, 6.07) is 7.23. The number of aliphatic hydroxyl groups excluding tert-OH is 1. The molecule has 116 valence electrons. The minimum atomic E-state index is -0.795. The van der Waals surface area contributed by atoms with E-state index in [4.69, 9.17) is 9.47 Å². The number of benzene rings is 1. The van der Waals surface area contributed by atoms with Crippen LogP contribution in [0, 0.1) is 0 Å². The smallest absolute Gasteiger partial charge is 0.246 e. The van der Waals surface area contributed by atoms with Gasteiger partial charge in [0.1, 0.15) is 12.4 Å². The Morgan fingerprint density at radius 2 is 2.10 bits per heavy atom. The minimum absolute atomic E-state index is 0.0588. The van der Waals surface area contributed by atoms with E-state index in [0.29, 0.717) is 11.3 Å². The molecule has 1 aromatic carbocycles. The number of aliphatic hydroxyl groups is 1. The number of methoxy groups -OCH3 is 1. The van der Waals surface area contributed by atoms with E-state index < -0.39 is 6.10 Å². The van der Waals surface area contributed by atoms with Gasteiger partial charge in [-0.05, 0) is 18.9 Å². The fourth-order valence-electron chi connectivity index (χ4n) is 2.56. The van der Waals surface area contributed by atoms with Gasteiger partial charge in [-0.2, -0.15) is 0 Å². The van der Waals surface area contributed by atoms with Gasteiger partial charge in [0, 0.05) is 12.1 Å². The molecule has 0 radical (unpaired) electrons. The highest BCUT2D eigenvalue weighted by atomic mass is 16.5. The van der Waals surface area contributed by atoms with E-state index in [1.165, 1.54) is 12.8 Å². The van der Waals surface area contributed by atoms with Crippen LogP contribution in [0.5, 0.6) is 5.75 Å². The fraction of sp³-hybridized carbons (Fsp3) is 0.562. The highest BCUT2D eigenvalue weighted by molar-refractivity contribution is 5.77. The molecule has 1 saturated carbocycles. The summed E-state index contributed by atoms with van der Waals surface area (Å²) in [4.78, 5) is 11.7. The van der Waals surface area contributed by atoms with Crippen molar-refractivity contribution in [3.63, 3.8) is 0 Å². The molecule has 0 unspecified atom stereocenters. The van der Waals surface area contributed by atoms with E-state index in [2.05, 4.69) is 5.32 Å². The van der Waals surface area contributed by atoms with Crippen LogP contribution in [0.4, 0.5) is 0 Å². The first-order valence-corrected chi connectivity index (χ1v) is 7.40. The predicted octanol–water partition coefficient (Wildman–Crippen LogP) is 1.80. The summed E-state index contributed by atoms with van der Waals surface area (Å²) in [5, 5.41) is 12.8. The van der Waals surface area contributed by atoms with Crippen molar-refractivity contribution in [2.75, 3.05) is 20.3 Å². The van der Waals surface area contributed by atoms with E-state index in [0.717, 1.165) is 12.8 Å². The van der Waals surface area contributed by atoms with Gasteiger partial charge in [-0.1, -0.05) is 31.0 Å². The number of carbonyl (C=O) groups is 1. The zero-order valence-corrected chi connectivity index (χ0v) is 12.4. The lowest BCUT2D eigenvalue weighted by Crippen LogP contribution is -2.32. The maximum Gasteiger partial charge on any atom is 0.246 e. The fourth-order valence-corrected chi connectivity index (χ4v) is 2.56. The van der Waals surface area contributed by atoms with Crippen molar-refractivity contribution < 1.29 is 19.4 Å². The van der Waals surface area contributed by atoms with Gasteiger partial charge in [-0.3, -0.25) is 4.79 Å². The Morgan fingerprint density at radius 3 is 2.81 bits per heavy atom. The molecule has 0 saturated heterocycles. The maximum absolute atomic E-state index is 11.7. The van der Waals surface area contributed by atoms with E-state index in [1.807, 2.05) is 12.1 Å². The maximum atomic E-state index is 11.7. The largest absolute Gasteiger partial charge is 0.496 e. The second kappa shape index (κ2) is 8.00. The van der Waals surface area contributed by atoms with Crippen LogP contribution >= 0.6 is 0 Å². The Morgan fingerprint density at radius 1 is 1.38 bits per heavy atom. The van der Waals surface area contributed by atoms with E-state index in [9.17, 15) is 9.90 Å². The molecule has 0 aliphatic heterocycles. The topological polar surface area (TPSA) is 67.8 Å². The number of nitrogens with one attached hydrogen (secondary N) is 1. The lowest BCUT2D eigenvalue weighted by atomic mass is 10.1. The molecule has 0 aromatic heterocycles. The lowest BCUT2D eigenvalue weighted by Gasteiger charge is -2.16. The number of amides is 1. The molecular formula is C16H23NO4. The van der Waals surface area contributed by atoms with Crippen molar-refractivity contribution in [3.05, 3.63) is 29.8 Å². The number of hydrogen-bond donors (Lipinski definition) is 2. The third kappa shape index (κ3) is 4.72. The molecule has 1 fully saturated rings. The average molecular weight is 293 g/mol. The molecule has 1 atom stereocenters. The Bertz CT molecular complexity index is 457. The van der Waals surface area contributed by atoms with Gasteiger partial charge in [-0.15, -0.1) is 0 Å². The van der Waals surface area contributed by atoms with E-state index in [1.54, 1.807) is 19.2 Å². The first kappa shape index (κ1) is 15.8. The third-order valence-corrected chi connectivity index (χ3v) is 3.74. The minimum Gasteiger partial charge on any atom is -0.496 e. The third-order valence-electron chi connectivity index (χ3n) is 3.74. The quantitative estimate of drug-likeness (QED) is 0.804. The standard InChI is InChI=1S/C16H23NO4/c1-20-15-9-5-4-8-13(15)14(18)10-17-16(19)11-21-12-6-2-3-7-12/h4-5,8-9,12,14,18H,2-3,6-7,10-11H2,1H3,(H,17,19)/t14-/m0/s1. The number of ether oxygens (including phenoxy) is 2. The van der Waals surface area contributed by atoms with Crippen molar-refractivity contribution in [1.29, 1.82) is 0 Å².